The molecule has 9 nitrogen and oxygen atoms in total. The van der Waals surface area contributed by atoms with Gasteiger partial charge in [0, 0.05) is 23.4 Å². The number of fused-ring (bicyclic) bond motifs is 1. The van der Waals surface area contributed by atoms with Crippen LogP contribution in [0, 0.1) is 0 Å². The molecular formula is C13H15N7O2S. The molecule has 23 heavy (non-hydrogen) atoms. The fourth-order valence-corrected chi connectivity index (χ4v) is 3.09. The average Bonchev–Trinajstić information content (AvgIpc) is 3.11. The molecule has 120 valence electrons. The third kappa shape index (κ3) is 3.11. The predicted octanol–water partition coefficient (Wildman–Crippen LogP) is 1.14. The molecular weight excluding hydrogens is 318 g/mol. The van der Waals surface area contributed by atoms with Crippen molar-refractivity contribution in [1.82, 2.24) is 30.2 Å². The van der Waals surface area contributed by atoms with Crippen LogP contribution in [0.5, 0.6) is 0 Å². The molecule has 0 atom stereocenters. The number of aromatic nitrogens is 6. The molecule has 0 saturated carbocycles. The summed E-state index contributed by atoms with van der Waals surface area (Å²) in [4.78, 5) is 16.7. The van der Waals surface area contributed by atoms with Gasteiger partial charge in [0.2, 0.25) is 0 Å². The van der Waals surface area contributed by atoms with Crippen molar-refractivity contribution in [2.45, 2.75) is 17.6 Å². The van der Waals surface area contributed by atoms with Crippen molar-refractivity contribution >= 4 is 34.7 Å². The number of nitrogens with one attached hydrogen (secondary N) is 1. The summed E-state index contributed by atoms with van der Waals surface area (Å²) in [6.07, 6.45) is 0. The van der Waals surface area contributed by atoms with Gasteiger partial charge in [0.1, 0.15) is 11.3 Å². The lowest BCUT2D eigenvalue weighted by molar-refractivity contribution is 0.0518. The topological polar surface area (TPSA) is 125 Å². The third-order valence-corrected chi connectivity index (χ3v) is 4.18. The van der Waals surface area contributed by atoms with Gasteiger partial charge in [0.15, 0.2) is 11.3 Å². The van der Waals surface area contributed by atoms with Crippen molar-refractivity contribution in [2.24, 2.45) is 7.05 Å². The van der Waals surface area contributed by atoms with E-state index in [1.54, 1.807) is 30.8 Å². The van der Waals surface area contributed by atoms with Gasteiger partial charge in [-0.05, 0) is 19.1 Å². The van der Waals surface area contributed by atoms with Crippen LogP contribution in [0.2, 0.25) is 0 Å². The Hall–Kier alpha value is -2.62. The summed E-state index contributed by atoms with van der Waals surface area (Å²) in [6.45, 7) is 2.08. The minimum atomic E-state index is -0.425. The average molecular weight is 333 g/mol. The third-order valence-electron chi connectivity index (χ3n) is 3.12. The summed E-state index contributed by atoms with van der Waals surface area (Å²) in [5, 5.41) is 14.6. The van der Waals surface area contributed by atoms with E-state index in [1.807, 2.05) is 0 Å². The van der Waals surface area contributed by atoms with Crippen LogP contribution < -0.4 is 5.73 Å². The zero-order chi connectivity index (χ0) is 16.4. The molecule has 10 heteroatoms. The van der Waals surface area contributed by atoms with Crippen LogP contribution in [0.3, 0.4) is 0 Å². The molecule has 3 N–H and O–H groups in total. The molecule has 0 spiro atoms. The van der Waals surface area contributed by atoms with Crippen LogP contribution >= 0.6 is 11.8 Å². The van der Waals surface area contributed by atoms with Crippen molar-refractivity contribution in [3.8, 4) is 0 Å². The molecule has 0 bridgehead atoms. The van der Waals surface area contributed by atoms with Crippen LogP contribution in [-0.4, -0.2) is 42.8 Å². The lowest BCUT2D eigenvalue weighted by Crippen LogP contribution is -2.06. The molecule has 0 aromatic carbocycles. The van der Waals surface area contributed by atoms with Gasteiger partial charge in [0.25, 0.3) is 0 Å². The molecule has 0 aliphatic rings. The summed E-state index contributed by atoms with van der Waals surface area (Å²) < 4.78 is 6.61. The van der Waals surface area contributed by atoms with Crippen molar-refractivity contribution in [3.05, 3.63) is 23.5 Å². The number of aryl methyl sites for hydroxylation is 1. The van der Waals surface area contributed by atoms with Crippen molar-refractivity contribution in [3.63, 3.8) is 0 Å². The number of H-pyrrole nitrogens is 1. The number of nitrogens with two attached hydrogens (primary N) is 1. The Kier molecular flexibility index (Phi) is 4.15. The summed E-state index contributed by atoms with van der Waals surface area (Å²) in [7, 11) is 1.78. The Morgan fingerprint density at radius 3 is 3.09 bits per heavy atom. The molecule has 3 heterocycles. The highest BCUT2D eigenvalue weighted by atomic mass is 32.2. The molecule has 3 aromatic rings. The first-order chi connectivity index (χ1) is 11.1. The molecule has 3 aromatic heterocycles. The number of carbonyl (C=O) groups is 1. The van der Waals surface area contributed by atoms with Gasteiger partial charge in [-0.2, -0.15) is 5.10 Å². The Morgan fingerprint density at radius 2 is 2.30 bits per heavy atom. The van der Waals surface area contributed by atoms with E-state index in [0.29, 0.717) is 35.0 Å². The van der Waals surface area contributed by atoms with Crippen LogP contribution in [0.15, 0.2) is 17.0 Å². The number of hydrogen-bond acceptors (Lipinski definition) is 8. The van der Waals surface area contributed by atoms with Gasteiger partial charge in [-0.1, -0.05) is 5.21 Å². The van der Waals surface area contributed by atoms with Gasteiger partial charge in [-0.25, -0.2) is 14.9 Å². The van der Waals surface area contributed by atoms with Gasteiger partial charge >= 0.3 is 5.97 Å². The fraction of sp³-hybridized carbons (Fsp3) is 0.308. The van der Waals surface area contributed by atoms with E-state index in [1.165, 1.54) is 11.8 Å². The summed E-state index contributed by atoms with van der Waals surface area (Å²) in [5.41, 5.74) is 8.17. The first-order valence-electron chi connectivity index (χ1n) is 6.88. The number of aromatic amines is 1. The van der Waals surface area contributed by atoms with E-state index in [9.17, 15) is 4.79 Å². The molecule has 3 rings (SSSR count). The molecule has 0 saturated heterocycles. The van der Waals surface area contributed by atoms with E-state index in [2.05, 4.69) is 25.5 Å². The first kappa shape index (κ1) is 15.3. The second-order valence-corrected chi connectivity index (χ2v) is 5.73. The summed E-state index contributed by atoms with van der Waals surface area (Å²) in [5.74, 6) is 0.559. The van der Waals surface area contributed by atoms with Gasteiger partial charge < -0.3 is 10.5 Å². The van der Waals surface area contributed by atoms with E-state index < -0.39 is 5.97 Å². The maximum atomic E-state index is 11.7. The standard InChI is InChI=1S/C13H15N7O2S/c1-3-22-13(21)8-4-7(20(2)18-8)6-23-9-5-10(14)15-12-11(9)16-19-17-12/h4-5H,3,6H2,1-2H3,(H3,14,15,16,17,19). The minimum absolute atomic E-state index is 0.297. The monoisotopic (exact) mass is 333 g/mol. The van der Waals surface area contributed by atoms with Crippen LogP contribution in [0.1, 0.15) is 23.1 Å². The number of hydrogen-bond donors (Lipinski definition) is 2. The zero-order valence-corrected chi connectivity index (χ0v) is 13.4. The normalized spacial score (nSPS) is 11.0. The maximum absolute atomic E-state index is 11.7. The lowest BCUT2D eigenvalue weighted by atomic mass is 10.4. The largest absolute Gasteiger partial charge is 0.461 e. The van der Waals surface area contributed by atoms with Crippen LogP contribution in [-0.2, 0) is 17.5 Å². The Bertz CT molecular complexity index is 857. The molecule has 0 aliphatic carbocycles. The van der Waals surface area contributed by atoms with Gasteiger partial charge in [-0.15, -0.1) is 16.9 Å². The quantitative estimate of drug-likeness (QED) is 0.526. The number of nitrogen functional groups attached to an aromatic ring is 1. The number of rotatable bonds is 5. The summed E-state index contributed by atoms with van der Waals surface area (Å²) >= 11 is 1.52. The summed E-state index contributed by atoms with van der Waals surface area (Å²) in [6, 6.07) is 3.47. The Balaban J connectivity index is 1.80. The molecule has 0 unspecified atom stereocenters. The Morgan fingerprint density at radius 1 is 1.48 bits per heavy atom. The predicted molar refractivity (Wildman–Crippen MR) is 84.8 cm³/mol. The smallest absolute Gasteiger partial charge is 0.358 e. The van der Waals surface area contributed by atoms with Crippen molar-refractivity contribution < 1.29 is 9.53 Å². The van der Waals surface area contributed by atoms with Crippen molar-refractivity contribution in [1.29, 1.82) is 0 Å². The van der Waals surface area contributed by atoms with E-state index >= 15 is 0 Å². The number of anilines is 1. The minimum Gasteiger partial charge on any atom is -0.461 e. The second-order valence-electron chi connectivity index (χ2n) is 4.71. The van der Waals surface area contributed by atoms with Gasteiger partial charge in [0.05, 0.1) is 6.61 Å². The fourth-order valence-electron chi connectivity index (χ4n) is 2.04. The highest BCUT2D eigenvalue weighted by Crippen LogP contribution is 2.29. The van der Waals surface area contributed by atoms with E-state index in [-0.39, 0.29) is 0 Å². The number of ether oxygens (including phenoxy) is 1. The molecule has 0 radical (unpaired) electrons. The highest BCUT2D eigenvalue weighted by Gasteiger charge is 2.15. The first-order valence-corrected chi connectivity index (χ1v) is 7.87. The second kappa shape index (κ2) is 6.24. The maximum Gasteiger partial charge on any atom is 0.358 e. The Labute approximate surface area is 135 Å². The zero-order valence-electron chi connectivity index (χ0n) is 12.6. The van der Waals surface area contributed by atoms with E-state index in [0.717, 1.165) is 10.6 Å². The SMILES string of the molecule is CCOC(=O)c1cc(CSc2cc(N)nc3[nH]nnc23)n(C)n1. The number of nitrogens with zero attached hydrogens (tertiary/aromatic N) is 5. The number of esters is 1. The number of thioether (sulfide) groups is 1. The van der Waals surface area contributed by atoms with Crippen LogP contribution in [0.4, 0.5) is 5.82 Å². The number of carbonyl (C=O) groups excluding carboxylic acids is 1. The lowest BCUT2D eigenvalue weighted by Gasteiger charge is -2.03. The van der Waals surface area contributed by atoms with Crippen LogP contribution in [0.25, 0.3) is 11.2 Å². The molecule has 0 amide bonds. The molecule has 0 aliphatic heterocycles. The molecule has 0 fully saturated rings. The van der Waals surface area contributed by atoms with E-state index in [4.69, 9.17) is 10.5 Å². The number of pyridine rings is 1. The van der Waals surface area contributed by atoms with Gasteiger partial charge in [-0.3, -0.25) is 4.68 Å². The highest BCUT2D eigenvalue weighted by molar-refractivity contribution is 7.98. The van der Waals surface area contributed by atoms with Crippen molar-refractivity contribution in [2.75, 3.05) is 12.3 Å².